The van der Waals surface area contributed by atoms with Crippen LogP contribution in [0.2, 0.25) is 0 Å². The number of hydrogen-bond acceptors (Lipinski definition) is 3. The molecule has 1 fully saturated rings. The Kier molecular flexibility index (Phi) is 1.38. The van der Waals surface area contributed by atoms with Gasteiger partial charge in [0.05, 0.1) is 6.04 Å². The molecule has 56 valence electrons. The quantitative estimate of drug-likeness (QED) is 0.593. The molecule has 10 heavy (non-hydrogen) atoms. The third kappa shape index (κ3) is 1.01. The Morgan fingerprint density at radius 3 is 2.90 bits per heavy atom. The van der Waals surface area contributed by atoms with Crippen molar-refractivity contribution in [2.24, 2.45) is 16.6 Å². The molecule has 3 heteroatoms. The monoisotopic (exact) mass is 140 g/mol. The van der Waals surface area contributed by atoms with E-state index in [9.17, 15) is 0 Å². The highest BCUT2D eigenvalue weighted by Crippen LogP contribution is 2.32. The van der Waals surface area contributed by atoms with Crippen LogP contribution in [0.4, 0.5) is 0 Å². The van der Waals surface area contributed by atoms with Gasteiger partial charge >= 0.3 is 0 Å². The van der Waals surface area contributed by atoms with Gasteiger partial charge in [0.15, 0.2) is 5.90 Å². The van der Waals surface area contributed by atoms with Crippen LogP contribution < -0.4 is 5.73 Å². The Hall–Kier alpha value is -0.570. The molecule has 0 aromatic carbocycles. The van der Waals surface area contributed by atoms with Crippen LogP contribution >= 0.6 is 0 Å². The molecule has 0 amide bonds. The van der Waals surface area contributed by atoms with Crippen LogP contribution in [-0.2, 0) is 4.74 Å². The number of hydrogen-bond donors (Lipinski definition) is 1. The van der Waals surface area contributed by atoms with Crippen LogP contribution in [0.5, 0.6) is 0 Å². The zero-order chi connectivity index (χ0) is 6.97. The second-order valence-electron chi connectivity index (χ2n) is 2.94. The molecular weight excluding hydrogens is 128 g/mol. The Labute approximate surface area is 60.3 Å². The molecule has 2 aliphatic rings. The second kappa shape index (κ2) is 2.23. The van der Waals surface area contributed by atoms with Crippen molar-refractivity contribution in [3.05, 3.63) is 0 Å². The minimum atomic E-state index is 0.246. The maximum atomic E-state index is 5.43. The Morgan fingerprint density at radius 1 is 1.60 bits per heavy atom. The van der Waals surface area contributed by atoms with Crippen LogP contribution in [-0.4, -0.2) is 25.1 Å². The molecule has 2 N–H and O–H groups in total. The highest BCUT2D eigenvalue weighted by molar-refractivity contribution is 5.82. The summed E-state index contributed by atoms with van der Waals surface area (Å²) in [6.45, 7) is 1.33. The standard InChI is InChI=1S/C7H12N2O/c8-3-6-4-10-7(9-6)5-1-2-5/h5-6H,1-4,8H2. The molecular formula is C7H12N2O. The van der Waals surface area contributed by atoms with E-state index in [-0.39, 0.29) is 6.04 Å². The largest absolute Gasteiger partial charge is 0.478 e. The van der Waals surface area contributed by atoms with Crippen molar-refractivity contribution in [3.63, 3.8) is 0 Å². The molecule has 1 heterocycles. The van der Waals surface area contributed by atoms with Crippen molar-refractivity contribution < 1.29 is 4.74 Å². The zero-order valence-corrected chi connectivity index (χ0v) is 5.92. The smallest absolute Gasteiger partial charge is 0.186 e. The molecule has 0 spiro atoms. The number of ether oxygens (including phenoxy) is 1. The molecule has 0 aromatic rings. The normalized spacial score (nSPS) is 31.7. The molecule has 1 aliphatic carbocycles. The van der Waals surface area contributed by atoms with Crippen molar-refractivity contribution >= 4 is 5.90 Å². The fourth-order valence-electron chi connectivity index (χ4n) is 1.11. The van der Waals surface area contributed by atoms with Crippen LogP contribution in [0.25, 0.3) is 0 Å². The van der Waals surface area contributed by atoms with Gasteiger partial charge in [0.2, 0.25) is 0 Å². The highest BCUT2D eigenvalue weighted by Gasteiger charge is 2.32. The van der Waals surface area contributed by atoms with Gasteiger partial charge in [-0.1, -0.05) is 0 Å². The first kappa shape index (κ1) is 6.16. The minimum absolute atomic E-state index is 0.246. The average Bonchev–Trinajstić information content (AvgIpc) is 2.70. The van der Waals surface area contributed by atoms with Gasteiger partial charge in [-0.05, 0) is 12.8 Å². The van der Waals surface area contributed by atoms with Crippen molar-refractivity contribution in [2.45, 2.75) is 18.9 Å². The van der Waals surface area contributed by atoms with E-state index in [1.807, 2.05) is 0 Å². The molecule has 1 aliphatic heterocycles. The van der Waals surface area contributed by atoms with Crippen LogP contribution in [0, 0.1) is 5.92 Å². The van der Waals surface area contributed by atoms with E-state index in [0.29, 0.717) is 19.1 Å². The lowest BCUT2D eigenvalue weighted by Crippen LogP contribution is -2.18. The second-order valence-corrected chi connectivity index (χ2v) is 2.94. The predicted molar refractivity (Wildman–Crippen MR) is 39.0 cm³/mol. The number of nitrogens with two attached hydrogens (primary N) is 1. The first-order valence-corrected chi connectivity index (χ1v) is 3.80. The summed E-state index contributed by atoms with van der Waals surface area (Å²) < 4.78 is 5.35. The maximum absolute atomic E-state index is 5.43. The first-order chi connectivity index (χ1) is 4.90. The molecule has 0 saturated heterocycles. The summed E-state index contributed by atoms with van der Waals surface area (Å²) in [7, 11) is 0. The van der Waals surface area contributed by atoms with E-state index in [1.54, 1.807) is 0 Å². The zero-order valence-electron chi connectivity index (χ0n) is 5.92. The summed E-state index contributed by atoms with van der Waals surface area (Å²) in [6.07, 6.45) is 2.52. The topological polar surface area (TPSA) is 47.6 Å². The van der Waals surface area contributed by atoms with E-state index in [4.69, 9.17) is 10.5 Å². The van der Waals surface area contributed by atoms with Crippen molar-refractivity contribution in [1.82, 2.24) is 0 Å². The van der Waals surface area contributed by atoms with Gasteiger partial charge < -0.3 is 10.5 Å². The molecule has 0 bridgehead atoms. The average molecular weight is 140 g/mol. The van der Waals surface area contributed by atoms with E-state index in [1.165, 1.54) is 12.8 Å². The van der Waals surface area contributed by atoms with E-state index in [0.717, 1.165) is 5.90 Å². The Morgan fingerprint density at radius 2 is 2.40 bits per heavy atom. The highest BCUT2D eigenvalue weighted by atomic mass is 16.5. The Balaban J connectivity index is 1.96. The summed E-state index contributed by atoms with van der Waals surface area (Å²) in [5, 5.41) is 0. The molecule has 1 saturated carbocycles. The van der Waals surface area contributed by atoms with Gasteiger partial charge in [0.1, 0.15) is 6.61 Å². The van der Waals surface area contributed by atoms with Gasteiger partial charge in [-0.25, -0.2) is 4.99 Å². The van der Waals surface area contributed by atoms with Crippen molar-refractivity contribution in [1.29, 1.82) is 0 Å². The molecule has 2 rings (SSSR count). The van der Waals surface area contributed by atoms with Gasteiger partial charge in [-0.3, -0.25) is 0 Å². The summed E-state index contributed by atoms with van der Waals surface area (Å²) in [6, 6.07) is 0.246. The summed E-state index contributed by atoms with van der Waals surface area (Å²) in [4.78, 5) is 4.34. The lowest BCUT2D eigenvalue weighted by atomic mass is 10.3. The van der Waals surface area contributed by atoms with Gasteiger partial charge in [-0.15, -0.1) is 0 Å². The fourth-order valence-corrected chi connectivity index (χ4v) is 1.11. The van der Waals surface area contributed by atoms with Crippen LogP contribution in [0.1, 0.15) is 12.8 Å². The summed E-state index contributed by atoms with van der Waals surface area (Å²) in [5.74, 6) is 1.62. The Bertz CT molecular complexity index is 163. The molecule has 3 nitrogen and oxygen atoms in total. The summed E-state index contributed by atoms with van der Waals surface area (Å²) >= 11 is 0. The minimum Gasteiger partial charge on any atom is -0.478 e. The third-order valence-corrected chi connectivity index (χ3v) is 1.93. The van der Waals surface area contributed by atoms with E-state index >= 15 is 0 Å². The SMILES string of the molecule is NCC1COC(C2CC2)=N1. The van der Waals surface area contributed by atoms with Gasteiger partial charge in [0, 0.05) is 12.5 Å². The lowest BCUT2D eigenvalue weighted by molar-refractivity contribution is 0.309. The van der Waals surface area contributed by atoms with Crippen molar-refractivity contribution in [2.75, 3.05) is 13.2 Å². The summed E-state index contributed by atoms with van der Waals surface area (Å²) in [5.41, 5.74) is 5.43. The fraction of sp³-hybridized carbons (Fsp3) is 0.857. The molecule has 0 radical (unpaired) electrons. The predicted octanol–water partition coefficient (Wildman–Crippen LogP) is 0.152. The van der Waals surface area contributed by atoms with Crippen LogP contribution in [0.3, 0.4) is 0 Å². The number of aliphatic imine (C=N–C) groups is 1. The van der Waals surface area contributed by atoms with E-state index in [2.05, 4.69) is 4.99 Å². The number of nitrogens with zero attached hydrogens (tertiary/aromatic N) is 1. The molecule has 0 aromatic heterocycles. The first-order valence-electron chi connectivity index (χ1n) is 3.80. The van der Waals surface area contributed by atoms with Gasteiger partial charge in [0.25, 0.3) is 0 Å². The molecule has 1 atom stereocenters. The van der Waals surface area contributed by atoms with Gasteiger partial charge in [-0.2, -0.15) is 0 Å². The molecule has 1 unspecified atom stereocenters. The number of rotatable bonds is 2. The van der Waals surface area contributed by atoms with Crippen molar-refractivity contribution in [3.8, 4) is 0 Å². The maximum Gasteiger partial charge on any atom is 0.186 e. The van der Waals surface area contributed by atoms with Crippen LogP contribution in [0.15, 0.2) is 4.99 Å². The lowest BCUT2D eigenvalue weighted by Gasteiger charge is -1.96. The van der Waals surface area contributed by atoms with E-state index < -0.39 is 0 Å². The third-order valence-electron chi connectivity index (χ3n) is 1.93.